The molecule has 0 radical (unpaired) electrons. The van der Waals surface area contributed by atoms with Crippen molar-refractivity contribution < 1.29 is 4.74 Å². The van der Waals surface area contributed by atoms with Gasteiger partial charge in [0.1, 0.15) is 5.75 Å². The second kappa shape index (κ2) is 8.13. The van der Waals surface area contributed by atoms with Crippen LogP contribution in [0.1, 0.15) is 50.8 Å². The van der Waals surface area contributed by atoms with Crippen LogP contribution in [-0.2, 0) is 5.41 Å². The fourth-order valence-electron chi connectivity index (χ4n) is 5.85. The predicted octanol–water partition coefficient (Wildman–Crippen LogP) is 8.35. The zero-order valence-corrected chi connectivity index (χ0v) is 20.0. The number of hydrogen-bond donors (Lipinski definition) is 0. The van der Waals surface area contributed by atoms with Gasteiger partial charge in [-0.05, 0) is 74.6 Å². The third kappa shape index (κ3) is 3.41. The van der Waals surface area contributed by atoms with Gasteiger partial charge in [0.25, 0.3) is 0 Å². The van der Waals surface area contributed by atoms with Crippen molar-refractivity contribution in [3.63, 3.8) is 0 Å². The minimum Gasteiger partial charge on any atom is -0.497 e. The Bertz CT molecular complexity index is 1220. The molecule has 0 saturated heterocycles. The summed E-state index contributed by atoms with van der Waals surface area (Å²) in [5, 5.41) is 2.41. The minimum absolute atomic E-state index is 0.203. The van der Waals surface area contributed by atoms with E-state index in [9.17, 15) is 0 Å². The van der Waals surface area contributed by atoms with Crippen LogP contribution in [0.15, 0.2) is 91.5 Å². The highest BCUT2D eigenvalue weighted by Gasteiger charge is 2.49. The fraction of sp³-hybridized carbons (Fsp3) is 0.290. The molecule has 3 aromatic carbocycles. The first-order valence-corrected chi connectivity index (χ1v) is 11.4. The van der Waals surface area contributed by atoms with Crippen molar-refractivity contribution in [2.45, 2.75) is 39.5 Å². The predicted molar refractivity (Wildman–Crippen MR) is 138 cm³/mol. The molecule has 1 heteroatoms. The van der Waals surface area contributed by atoms with E-state index in [-0.39, 0.29) is 10.8 Å². The summed E-state index contributed by atoms with van der Waals surface area (Å²) < 4.78 is 5.44. The first-order chi connectivity index (χ1) is 15.3. The Kier molecular flexibility index (Phi) is 5.63. The molecule has 32 heavy (non-hydrogen) atoms. The SMILES string of the molecule is C=CC1=C(C=C)C(c2ccc3cc(OC)ccc3c2)(C(C)CC(C)(C)C)c2ccccc21. The minimum atomic E-state index is -0.275. The largest absolute Gasteiger partial charge is 0.497 e. The number of benzene rings is 3. The molecule has 0 N–H and O–H groups in total. The van der Waals surface area contributed by atoms with Crippen LogP contribution in [0.3, 0.4) is 0 Å². The summed E-state index contributed by atoms with van der Waals surface area (Å²) in [5.74, 6) is 1.25. The van der Waals surface area contributed by atoms with Crippen LogP contribution in [-0.4, -0.2) is 7.11 Å². The van der Waals surface area contributed by atoms with Crippen LogP contribution in [0, 0.1) is 11.3 Å². The fourth-order valence-corrected chi connectivity index (χ4v) is 5.85. The van der Waals surface area contributed by atoms with Gasteiger partial charge in [-0.3, -0.25) is 0 Å². The second-order valence-corrected chi connectivity index (χ2v) is 10.2. The lowest BCUT2D eigenvalue weighted by molar-refractivity contribution is 0.256. The molecule has 0 saturated carbocycles. The summed E-state index contributed by atoms with van der Waals surface area (Å²) in [5.41, 5.74) is 6.33. The molecule has 0 amide bonds. The molecule has 1 aliphatic carbocycles. The summed E-state index contributed by atoms with van der Waals surface area (Å²) in [6.45, 7) is 17.9. The lowest BCUT2D eigenvalue weighted by Crippen LogP contribution is -2.37. The van der Waals surface area contributed by atoms with Crippen molar-refractivity contribution in [2.75, 3.05) is 7.11 Å². The van der Waals surface area contributed by atoms with Crippen molar-refractivity contribution in [2.24, 2.45) is 11.3 Å². The second-order valence-electron chi connectivity index (χ2n) is 10.2. The van der Waals surface area contributed by atoms with Crippen LogP contribution in [0.25, 0.3) is 16.3 Å². The van der Waals surface area contributed by atoms with E-state index in [2.05, 4.69) is 102 Å². The Labute approximate surface area is 193 Å². The normalized spacial score (nSPS) is 19.0. The molecule has 0 bridgehead atoms. The topological polar surface area (TPSA) is 9.23 Å². The van der Waals surface area contributed by atoms with Crippen LogP contribution in [0.4, 0.5) is 0 Å². The van der Waals surface area contributed by atoms with E-state index in [1.54, 1.807) is 7.11 Å². The Morgan fingerprint density at radius 1 is 0.938 bits per heavy atom. The number of allylic oxidation sites excluding steroid dienone is 4. The molecule has 1 aliphatic rings. The number of ether oxygens (including phenoxy) is 1. The monoisotopic (exact) mass is 422 g/mol. The Hall–Kier alpha value is -3.06. The van der Waals surface area contributed by atoms with Crippen LogP contribution in [0.2, 0.25) is 0 Å². The summed E-state index contributed by atoms with van der Waals surface area (Å²) in [6.07, 6.45) is 5.16. The van der Waals surface area contributed by atoms with Gasteiger partial charge in [-0.15, -0.1) is 0 Å². The average molecular weight is 423 g/mol. The van der Waals surface area contributed by atoms with Gasteiger partial charge in [0.05, 0.1) is 7.11 Å². The molecule has 2 unspecified atom stereocenters. The summed E-state index contributed by atoms with van der Waals surface area (Å²) >= 11 is 0. The van der Waals surface area contributed by atoms with Gasteiger partial charge in [0.15, 0.2) is 0 Å². The van der Waals surface area contributed by atoms with E-state index in [0.29, 0.717) is 5.92 Å². The Morgan fingerprint density at radius 3 is 2.28 bits per heavy atom. The van der Waals surface area contributed by atoms with E-state index in [0.717, 1.165) is 12.2 Å². The first kappa shape index (κ1) is 22.1. The van der Waals surface area contributed by atoms with E-state index in [1.807, 2.05) is 12.1 Å². The maximum atomic E-state index is 5.44. The number of hydrogen-bond acceptors (Lipinski definition) is 1. The highest BCUT2D eigenvalue weighted by molar-refractivity contribution is 5.91. The van der Waals surface area contributed by atoms with E-state index < -0.39 is 0 Å². The smallest absolute Gasteiger partial charge is 0.119 e. The maximum Gasteiger partial charge on any atom is 0.119 e. The van der Waals surface area contributed by atoms with Crippen LogP contribution in [0.5, 0.6) is 5.75 Å². The van der Waals surface area contributed by atoms with Crippen molar-refractivity contribution in [3.8, 4) is 5.75 Å². The van der Waals surface area contributed by atoms with Gasteiger partial charge >= 0.3 is 0 Å². The molecular formula is C31H34O. The molecule has 0 heterocycles. The van der Waals surface area contributed by atoms with E-state index in [4.69, 9.17) is 4.74 Å². The van der Waals surface area contributed by atoms with Gasteiger partial charge in [-0.25, -0.2) is 0 Å². The third-order valence-electron chi connectivity index (χ3n) is 6.93. The molecule has 2 atom stereocenters. The van der Waals surface area contributed by atoms with Gasteiger partial charge < -0.3 is 4.74 Å². The quantitative estimate of drug-likeness (QED) is 0.388. The molecule has 0 aromatic heterocycles. The van der Waals surface area contributed by atoms with Gasteiger partial charge in [0.2, 0.25) is 0 Å². The van der Waals surface area contributed by atoms with Crippen molar-refractivity contribution in [1.29, 1.82) is 0 Å². The summed E-state index contributed by atoms with van der Waals surface area (Å²) in [6, 6.07) is 22.0. The standard InChI is InChI=1S/C31H34O/c1-8-26-27-12-10-11-13-29(27)31(28(26)9-2,21(3)20-30(4,5)6)24-16-14-23-19-25(32-7)17-15-22(23)18-24/h8-19,21H,1-2,20H2,3-7H3. The molecule has 1 nitrogen and oxygen atoms in total. The van der Waals surface area contributed by atoms with Crippen LogP contribution < -0.4 is 4.74 Å². The van der Waals surface area contributed by atoms with E-state index >= 15 is 0 Å². The molecule has 3 aromatic rings. The van der Waals surface area contributed by atoms with E-state index in [1.165, 1.54) is 38.6 Å². The van der Waals surface area contributed by atoms with Gasteiger partial charge in [0, 0.05) is 5.41 Å². The molecule has 0 spiro atoms. The molecular weight excluding hydrogens is 388 g/mol. The zero-order valence-electron chi connectivity index (χ0n) is 20.0. The average Bonchev–Trinajstić information content (AvgIpc) is 3.07. The van der Waals surface area contributed by atoms with Gasteiger partial charge in [-0.1, -0.05) is 95.5 Å². The highest BCUT2D eigenvalue weighted by Crippen LogP contribution is 2.57. The summed E-state index contributed by atoms with van der Waals surface area (Å²) in [7, 11) is 1.71. The first-order valence-electron chi connectivity index (χ1n) is 11.4. The number of rotatable bonds is 6. The zero-order chi connectivity index (χ0) is 23.1. The Morgan fingerprint density at radius 2 is 1.62 bits per heavy atom. The maximum absolute atomic E-state index is 5.44. The number of fused-ring (bicyclic) bond motifs is 2. The van der Waals surface area contributed by atoms with Crippen LogP contribution >= 0.6 is 0 Å². The Balaban J connectivity index is 2.06. The third-order valence-corrected chi connectivity index (χ3v) is 6.93. The van der Waals surface area contributed by atoms with Gasteiger partial charge in [-0.2, -0.15) is 0 Å². The molecule has 0 aliphatic heterocycles. The molecule has 4 rings (SSSR count). The lowest BCUT2D eigenvalue weighted by Gasteiger charge is -2.42. The van der Waals surface area contributed by atoms with Crippen molar-refractivity contribution >= 4 is 16.3 Å². The molecule has 164 valence electrons. The van der Waals surface area contributed by atoms with Crippen molar-refractivity contribution in [3.05, 3.63) is 108 Å². The summed E-state index contributed by atoms with van der Waals surface area (Å²) in [4.78, 5) is 0. The number of methoxy groups -OCH3 is 1. The molecule has 0 fully saturated rings. The van der Waals surface area contributed by atoms with Crippen molar-refractivity contribution in [1.82, 2.24) is 0 Å². The lowest BCUT2D eigenvalue weighted by atomic mass is 9.60. The highest BCUT2D eigenvalue weighted by atomic mass is 16.5.